The number of aliphatic carboxylic acids is 1. The Kier molecular flexibility index (Phi) is 4.39. The van der Waals surface area contributed by atoms with E-state index in [2.05, 4.69) is 5.10 Å². The molecule has 0 radical (unpaired) electrons. The summed E-state index contributed by atoms with van der Waals surface area (Å²) in [5.74, 6) is -1.26. The molecular weight excluding hydrogens is 262 g/mol. The fourth-order valence-electron chi connectivity index (χ4n) is 2.47. The molecule has 1 aliphatic rings. The number of ether oxygens (including phenoxy) is 1. The van der Waals surface area contributed by atoms with E-state index in [1.165, 1.54) is 4.90 Å². The Labute approximate surface area is 117 Å². The molecule has 2 atom stereocenters. The summed E-state index contributed by atoms with van der Waals surface area (Å²) in [5.41, 5.74) is 0.695. The first-order valence-corrected chi connectivity index (χ1v) is 6.74. The van der Waals surface area contributed by atoms with E-state index in [0.717, 1.165) is 13.0 Å². The predicted octanol–water partition coefficient (Wildman–Crippen LogP) is 0.666. The summed E-state index contributed by atoms with van der Waals surface area (Å²) in [5, 5.41) is 13.5. The molecule has 7 nitrogen and oxygen atoms in total. The van der Waals surface area contributed by atoms with Gasteiger partial charge in [-0.1, -0.05) is 6.92 Å². The number of morpholine rings is 1. The van der Waals surface area contributed by atoms with Crippen LogP contribution in [-0.4, -0.2) is 50.9 Å². The molecule has 2 unspecified atom stereocenters. The summed E-state index contributed by atoms with van der Waals surface area (Å²) >= 11 is 0. The van der Waals surface area contributed by atoms with Gasteiger partial charge in [0.1, 0.15) is 6.61 Å². The van der Waals surface area contributed by atoms with Crippen LogP contribution in [0, 0.1) is 0 Å². The van der Waals surface area contributed by atoms with Crippen molar-refractivity contribution < 1.29 is 19.4 Å². The van der Waals surface area contributed by atoms with E-state index in [0.29, 0.717) is 12.1 Å². The molecule has 1 saturated heterocycles. The summed E-state index contributed by atoms with van der Waals surface area (Å²) in [6.45, 7) is 4.87. The Morgan fingerprint density at radius 2 is 2.30 bits per heavy atom. The summed E-state index contributed by atoms with van der Waals surface area (Å²) in [6.07, 6.45) is 3.28. The molecule has 1 aromatic rings. The first-order valence-electron chi connectivity index (χ1n) is 6.74. The average molecular weight is 281 g/mol. The van der Waals surface area contributed by atoms with Crippen LogP contribution in [0.4, 0.5) is 0 Å². The lowest BCUT2D eigenvalue weighted by Gasteiger charge is -2.38. The van der Waals surface area contributed by atoms with Crippen LogP contribution in [0.2, 0.25) is 0 Å². The Hall–Kier alpha value is -1.89. The van der Waals surface area contributed by atoms with Crippen molar-refractivity contribution in [2.24, 2.45) is 0 Å². The van der Waals surface area contributed by atoms with Crippen LogP contribution in [0.1, 0.15) is 31.9 Å². The van der Waals surface area contributed by atoms with Gasteiger partial charge in [0.2, 0.25) is 5.91 Å². The van der Waals surface area contributed by atoms with Crippen molar-refractivity contribution in [3.63, 3.8) is 0 Å². The Balaban J connectivity index is 2.33. The zero-order chi connectivity index (χ0) is 14.7. The third-order valence-electron chi connectivity index (χ3n) is 3.36. The number of hydrogen-bond donors (Lipinski definition) is 1. The molecule has 0 spiro atoms. The van der Waals surface area contributed by atoms with Gasteiger partial charge in [-0.15, -0.1) is 0 Å². The van der Waals surface area contributed by atoms with E-state index in [1.54, 1.807) is 17.1 Å². The van der Waals surface area contributed by atoms with Crippen molar-refractivity contribution in [3.05, 3.63) is 18.0 Å². The minimum atomic E-state index is -1.07. The van der Waals surface area contributed by atoms with Crippen LogP contribution in [0.15, 0.2) is 12.4 Å². The molecular formula is C13H19N3O4. The number of rotatable bonds is 5. The van der Waals surface area contributed by atoms with Crippen LogP contribution >= 0.6 is 0 Å². The summed E-state index contributed by atoms with van der Waals surface area (Å²) < 4.78 is 6.94. The average Bonchev–Trinajstić information content (AvgIpc) is 2.86. The number of amides is 1. The summed E-state index contributed by atoms with van der Waals surface area (Å²) in [7, 11) is 0. The summed E-state index contributed by atoms with van der Waals surface area (Å²) in [6, 6.07) is -0.621. The molecule has 1 N–H and O–H groups in total. The quantitative estimate of drug-likeness (QED) is 0.857. The maximum Gasteiger partial charge on any atom is 0.335 e. The van der Waals surface area contributed by atoms with Gasteiger partial charge in [-0.05, 0) is 13.3 Å². The van der Waals surface area contributed by atoms with Crippen molar-refractivity contribution in [2.45, 2.75) is 39.0 Å². The molecule has 2 rings (SSSR count). The van der Waals surface area contributed by atoms with Crippen molar-refractivity contribution in [1.82, 2.24) is 14.7 Å². The molecule has 7 heteroatoms. The second-order valence-electron chi connectivity index (χ2n) is 4.73. The van der Waals surface area contributed by atoms with Gasteiger partial charge in [-0.2, -0.15) is 5.10 Å². The third-order valence-corrected chi connectivity index (χ3v) is 3.36. The van der Waals surface area contributed by atoms with Gasteiger partial charge in [0.15, 0.2) is 6.10 Å². The van der Waals surface area contributed by atoms with Crippen LogP contribution in [0.3, 0.4) is 0 Å². The molecule has 1 fully saturated rings. The van der Waals surface area contributed by atoms with Gasteiger partial charge in [-0.3, -0.25) is 9.48 Å². The molecule has 1 aromatic heterocycles. The number of carboxylic acids is 1. The first kappa shape index (κ1) is 14.5. The maximum atomic E-state index is 11.9. The van der Waals surface area contributed by atoms with Gasteiger partial charge in [0, 0.05) is 24.8 Å². The van der Waals surface area contributed by atoms with Gasteiger partial charge >= 0.3 is 5.97 Å². The molecule has 1 aliphatic heterocycles. The van der Waals surface area contributed by atoms with Gasteiger partial charge in [-0.25, -0.2) is 4.79 Å². The number of carbonyl (C=O) groups excluding carboxylic acids is 1. The maximum absolute atomic E-state index is 11.9. The molecule has 0 saturated carbocycles. The van der Waals surface area contributed by atoms with Crippen LogP contribution in [0.25, 0.3) is 0 Å². The fraction of sp³-hybridized carbons (Fsp3) is 0.615. The molecule has 0 aromatic carbocycles. The van der Waals surface area contributed by atoms with E-state index >= 15 is 0 Å². The SMILES string of the molecule is CCCn1cc(C2C(C(=O)O)OCC(=O)N2CC)cn1. The van der Waals surface area contributed by atoms with Crippen LogP contribution < -0.4 is 0 Å². The minimum absolute atomic E-state index is 0.190. The monoisotopic (exact) mass is 281 g/mol. The zero-order valence-corrected chi connectivity index (χ0v) is 11.7. The highest BCUT2D eigenvalue weighted by molar-refractivity contribution is 5.82. The highest BCUT2D eigenvalue weighted by Crippen LogP contribution is 2.30. The number of nitrogens with zero attached hydrogens (tertiary/aromatic N) is 3. The number of carbonyl (C=O) groups is 2. The third kappa shape index (κ3) is 2.67. The molecule has 110 valence electrons. The second kappa shape index (κ2) is 6.04. The minimum Gasteiger partial charge on any atom is -0.479 e. The largest absolute Gasteiger partial charge is 0.479 e. The molecule has 2 heterocycles. The molecule has 1 amide bonds. The lowest BCUT2D eigenvalue weighted by atomic mass is 10.0. The predicted molar refractivity (Wildman–Crippen MR) is 70.0 cm³/mol. The van der Waals surface area contributed by atoms with E-state index in [9.17, 15) is 14.7 Å². The lowest BCUT2D eigenvalue weighted by molar-refractivity contribution is -0.172. The first-order chi connectivity index (χ1) is 9.58. The fourth-order valence-corrected chi connectivity index (χ4v) is 2.47. The molecule has 0 bridgehead atoms. The number of carboxylic acid groups (broad SMARTS) is 1. The van der Waals surface area contributed by atoms with Crippen molar-refractivity contribution >= 4 is 11.9 Å². The van der Waals surface area contributed by atoms with Crippen LogP contribution in [0.5, 0.6) is 0 Å². The smallest absolute Gasteiger partial charge is 0.335 e. The Bertz CT molecular complexity index is 498. The Morgan fingerprint density at radius 3 is 2.90 bits per heavy atom. The normalized spacial score (nSPS) is 23.1. The van der Waals surface area contributed by atoms with E-state index in [-0.39, 0.29) is 12.5 Å². The highest BCUT2D eigenvalue weighted by Gasteiger charge is 2.41. The Morgan fingerprint density at radius 1 is 1.55 bits per heavy atom. The zero-order valence-electron chi connectivity index (χ0n) is 11.7. The van der Waals surface area contributed by atoms with E-state index in [4.69, 9.17) is 4.74 Å². The van der Waals surface area contributed by atoms with Crippen molar-refractivity contribution in [3.8, 4) is 0 Å². The second-order valence-corrected chi connectivity index (χ2v) is 4.73. The van der Waals surface area contributed by atoms with Crippen molar-refractivity contribution in [2.75, 3.05) is 13.2 Å². The number of likely N-dealkylation sites (N-methyl/N-ethyl adjacent to an activating group) is 1. The highest BCUT2D eigenvalue weighted by atomic mass is 16.5. The van der Waals surface area contributed by atoms with E-state index in [1.807, 2.05) is 13.8 Å². The molecule has 20 heavy (non-hydrogen) atoms. The van der Waals surface area contributed by atoms with Crippen molar-refractivity contribution in [1.29, 1.82) is 0 Å². The van der Waals surface area contributed by atoms with Gasteiger partial charge < -0.3 is 14.7 Å². The van der Waals surface area contributed by atoms with E-state index < -0.39 is 18.1 Å². The lowest BCUT2D eigenvalue weighted by Crippen LogP contribution is -2.51. The standard InChI is InChI=1S/C13H19N3O4/c1-3-5-15-7-9(6-14-15)11-12(13(18)19)20-8-10(17)16(11)4-2/h6-7,11-12H,3-5,8H2,1-2H3,(H,18,19). The molecule has 0 aliphatic carbocycles. The topological polar surface area (TPSA) is 84.7 Å². The number of aryl methyl sites for hydroxylation is 1. The summed E-state index contributed by atoms with van der Waals surface area (Å²) in [4.78, 5) is 24.8. The van der Waals surface area contributed by atoms with Crippen LogP contribution in [-0.2, 0) is 20.9 Å². The number of hydrogen-bond acceptors (Lipinski definition) is 4. The van der Waals surface area contributed by atoms with Gasteiger partial charge in [0.25, 0.3) is 0 Å². The van der Waals surface area contributed by atoms with Gasteiger partial charge in [0.05, 0.1) is 12.2 Å². The number of aromatic nitrogens is 2.